The van der Waals surface area contributed by atoms with Gasteiger partial charge in [-0.05, 0) is 17.5 Å². The average Bonchev–Trinajstić information content (AvgIpc) is 2.05. The molecule has 15 heavy (non-hydrogen) atoms. The summed E-state index contributed by atoms with van der Waals surface area (Å²) in [7, 11) is 0. The van der Waals surface area contributed by atoms with Crippen molar-refractivity contribution in [3.8, 4) is 5.88 Å². The van der Waals surface area contributed by atoms with E-state index >= 15 is 0 Å². The van der Waals surface area contributed by atoms with Crippen LogP contribution in [-0.4, -0.2) is 11.3 Å². The fourth-order valence-electron chi connectivity index (χ4n) is 0.941. The Kier molecular flexibility index (Phi) is 3.16. The SMILES string of the molecule is CC(C)c1cnc(OC(F)(F)F)c(F)c1. The second-order valence-corrected chi connectivity index (χ2v) is 3.26. The molecule has 1 rings (SSSR count). The Labute approximate surface area is 83.9 Å². The molecular formula is C9H9F4NO. The van der Waals surface area contributed by atoms with Crippen molar-refractivity contribution < 1.29 is 22.3 Å². The molecule has 0 saturated heterocycles. The Balaban J connectivity index is 2.94. The van der Waals surface area contributed by atoms with Crippen LogP contribution < -0.4 is 4.74 Å². The van der Waals surface area contributed by atoms with Crippen LogP contribution in [0.5, 0.6) is 5.88 Å². The normalized spacial score (nSPS) is 11.9. The van der Waals surface area contributed by atoms with E-state index in [1.165, 1.54) is 0 Å². The Morgan fingerprint density at radius 3 is 2.33 bits per heavy atom. The van der Waals surface area contributed by atoms with Gasteiger partial charge in [-0.25, -0.2) is 9.37 Å². The smallest absolute Gasteiger partial charge is 0.385 e. The molecule has 0 bridgehead atoms. The lowest BCUT2D eigenvalue weighted by molar-refractivity contribution is -0.277. The first-order valence-corrected chi connectivity index (χ1v) is 4.21. The molecule has 1 aromatic heterocycles. The lowest BCUT2D eigenvalue weighted by Gasteiger charge is -2.10. The summed E-state index contributed by atoms with van der Waals surface area (Å²) < 4.78 is 51.7. The van der Waals surface area contributed by atoms with E-state index in [4.69, 9.17) is 0 Å². The molecule has 0 saturated carbocycles. The predicted molar refractivity (Wildman–Crippen MR) is 45.0 cm³/mol. The minimum Gasteiger partial charge on any atom is -0.385 e. The van der Waals surface area contributed by atoms with Crippen molar-refractivity contribution in [3.63, 3.8) is 0 Å². The van der Waals surface area contributed by atoms with Gasteiger partial charge in [0.1, 0.15) is 0 Å². The number of pyridine rings is 1. The van der Waals surface area contributed by atoms with Crippen LogP contribution in [0.3, 0.4) is 0 Å². The second kappa shape index (κ2) is 4.04. The molecule has 0 N–H and O–H groups in total. The minimum absolute atomic E-state index is 0.00747. The van der Waals surface area contributed by atoms with Crippen LogP contribution in [-0.2, 0) is 0 Å². The van der Waals surface area contributed by atoms with Crippen molar-refractivity contribution in [2.45, 2.75) is 26.1 Å². The number of alkyl halides is 3. The summed E-state index contributed by atoms with van der Waals surface area (Å²) in [4.78, 5) is 3.27. The average molecular weight is 223 g/mol. The molecule has 84 valence electrons. The largest absolute Gasteiger partial charge is 0.574 e. The third-order valence-corrected chi connectivity index (χ3v) is 1.71. The molecular weight excluding hydrogens is 214 g/mol. The molecule has 0 amide bonds. The topological polar surface area (TPSA) is 22.1 Å². The number of hydrogen-bond acceptors (Lipinski definition) is 2. The summed E-state index contributed by atoms with van der Waals surface area (Å²) in [6.45, 7) is 3.56. The standard InChI is InChI=1S/C9H9F4NO/c1-5(2)6-3-7(10)8(14-4-6)15-9(11,12)13/h3-5H,1-2H3. The molecule has 0 aliphatic heterocycles. The lowest BCUT2D eigenvalue weighted by atomic mass is 10.1. The van der Waals surface area contributed by atoms with E-state index in [1.54, 1.807) is 13.8 Å². The highest BCUT2D eigenvalue weighted by atomic mass is 19.4. The molecule has 0 aromatic carbocycles. The van der Waals surface area contributed by atoms with Crippen molar-refractivity contribution in [2.75, 3.05) is 0 Å². The van der Waals surface area contributed by atoms with Crippen LogP contribution in [0, 0.1) is 5.82 Å². The Hall–Kier alpha value is -1.33. The fraction of sp³-hybridized carbons (Fsp3) is 0.444. The summed E-state index contributed by atoms with van der Waals surface area (Å²) in [5.74, 6) is -2.17. The quantitative estimate of drug-likeness (QED) is 0.718. The molecule has 0 atom stereocenters. The van der Waals surface area contributed by atoms with E-state index in [-0.39, 0.29) is 5.92 Å². The van der Waals surface area contributed by atoms with Crippen LogP contribution in [0.4, 0.5) is 17.6 Å². The van der Waals surface area contributed by atoms with Crippen LogP contribution in [0.1, 0.15) is 25.3 Å². The molecule has 6 heteroatoms. The summed E-state index contributed by atoms with van der Waals surface area (Å²) >= 11 is 0. The van der Waals surface area contributed by atoms with Crippen molar-refractivity contribution in [2.24, 2.45) is 0 Å². The highest BCUT2D eigenvalue weighted by molar-refractivity contribution is 5.22. The van der Waals surface area contributed by atoms with E-state index in [9.17, 15) is 17.6 Å². The number of rotatable bonds is 2. The van der Waals surface area contributed by atoms with E-state index in [1.807, 2.05) is 0 Å². The second-order valence-electron chi connectivity index (χ2n) is 3.26. The van der Waals surface area contributed by atoms with Gasteiger partial charge in [-0.1, -0.05) is 13.8 Å². The number of nitrogens with zero attached hydrogens (tertiary/aromatic N) is 1. The highest BCUT2D eigenvalue weighted by Crippen LogP contribution is 2.25. The Morgan fingerprint density at radius 1 is 1.33 bits per heavy atom. The van der Waals surface area contributed by atoms with Gasteiger partial charge in [0.05, 0.1) is 0 Å². The van der Waals surface area contributed by atoms with Gasteiger partial charge in [0, 0.05) is 6.20 Å². The van der Waals surface area contributed by atoms with Crippen LogP contribution in [0.2, 0.25) is 0 Å². The zero-order valence-corrected chi connectivity index (χ0v) is 8.10. The summed E-state index contributed by atoms with van der Waals surface area (Å²) in [5, 5.41) is 0. The maximum absolute atomic E-state index is 13.1. The lowest BCUT2D eigenvalue weighted by Crippen LogP contribution is -2.19. The molecule has 0 aliphatic carbocycles. The Bertz CT molecular complexity index is 348. The van der Waals surface area contributed by atoms with Crippen molar-refractivity contribution >= 4 is 0 Å². The highest BCUT2D eigenvalue weighted by Gasteiger charge is 2.33. The number of ether oxygens (including phenoxy) is 1. The van der Waals surface area contributed by atoms with Gasteiger partial charge in [0.25, 0.3) is 5.88 Å². The summed E-state index contributed by atoms with van der Waals surface area (Å²) in [6, 6.07) is 0.985. The number of halogens is 4. The molecule has 0 aliphatic rings. The van der Waals surface area contributed by atoms with Gasteiger partial charge < -0.3 is 4.74 Å². The van der Waals surface area contributed by atoms with Crippen molar-refractivity contribution in [1.29, 1.82) is 0 Å². The van der Waals surface area contributed by atoms with Gasteiger partial charge in [0.2, 0.25) is 0 Å². The minimum atomic E-state index is -4.92. The first-order chi connectivity index (χ1) is 6.79. The van der Waals surface area contributed by atoms with Gasteiger partial charge in [-0.2, -0.15) is 0 Å². The van der Waals surface area contributed by atoms with Gasteiger partial charge in [-0.3, -0.25) is 0 Å². The molecule has 2 nitrogen and oxygen atoms in total. The maximum atomic E-state index is 13.1. The van der Waals surface area contributed by atoms with Crippen LogP contribution in [0.15, 0.2) is 12.3 Å². The van der Waals surface area contributed by atoms with Crippen LogP contribution >= 0.6 is 0 Å². The van der Waals surface area contributed by atoms with Crippen molar-refractivity contribution in [3.05, 3.63) is 23.6 Å². The third kappa shape index (κ3) is 3.38. The zero-order valence-electron chi connectivity index (χ0n) is 8.10. The van der Waals surface area contributed by atoms with Gasteiger partial charge in [0.15, 0.2) is 5.82 Å². The molecule has 1 aromatic rings. The maximum Gasteiger partial charge on any atom is 0.574 e. The molecule has 0 unspecified atom stereocenters. The van der Waals surface area contributed by atoms with Crippen molar-refractivity contribution in [1.82, 2.24) is 4.98 Å². The first-order valence-electron chi connectivity index (χ1n) is 4.21. The molecule has 1 heterocycles. The van der Waals surface area contributed by atoms with Gasteiger partial charge >= 0.3 is 6.36 Å². The van der Waals surface area contributed by atoms with E-state index in [0.717, 1.165) is 12.3 Å². The number of hydrogen-bond donors (Lipinski definition) is 0. The van der Waals surface area contributed by atoms with Crippen LogP contribution in [0.25, 0.3) is 0 Å². The van der Waals surface area contributed by atoms with E-state index in [0.29, 0.717) is 5.56 Å². The van der Waals surface area contributed by atoms with E-state index in [2.05, 4.69) is 9.72 Å². The molecule has 0 spiro atoms. The summed E-state index contributed by atoms with van der Waals surface area (Å²) in [5.41, 5.74) is 0.516. The molecule has 0 radical (unpaired) electrons. The predicted octanol–water partition coefficient (Wildman–Crippen LogP) is 3.24. The zero-order chi connectivity index (χ0) is 11.6. The Morgan fingerprint density at radius 2 is 1.93 bits per heavy atom. The first kappa shape index (κ1) is 11.7. The number of aromatic nitrogens is 1. The van der Waals surface area contributed by atoms with Gasteiger partial charge in [-0.15, -0.1) is 13.2 Å². The molecule has 0 fully saturated rings. The monoisotopic (exact) mass is 223 g/mol. The van der Waals surface area contributed by atoms with E-state index < -0.39 is 18.1 Å². The fourth-order valence-corrected chi connectivity index (χ4v) is 0.941. The summed E-state index contributed by atoms with van der Waals surface area (Å²) in [6.07, 6.45) is -3.76. The third-order valence-electron chi connectivity index (χ3n) is 1.71.